The molecule has 0 aliphatic rings. The molecule has 5 nitrogen and oxygen atoms in total. The Kier molecular flexibility index (Phi) is 7.07. The molecular weight excluding hydrogens is 464 g/mol. The minimum atomic E-state index is -3.84. The molecule has 30 heavy (non-hydrogen) atoms. The maximum absolute atomic E-state index is 12.8. The van der Waals surface area contributed by atoms with Gasteiger partial charge in [-0.1, -0.05) is 59.6 Å². The highest BCUT2D eigenvalue weighted by molar-refractivity contribution is 9.10. The van der Waals surface area contributed by atoms with Crippen LogP contribution in [0.4, 0.5) is 5.69 Å². The highest BCUT2D eigenvalue weighted by Crippen LogP contribution is 2.28. The molecule has 7 heteroatoms. The first-order chi connectivity index (χ1) is 14.3. The number of nitrogens with two attached hydrogens (primary N) is 1. The summed E-state index contributed by atoms with van der Waals surface area (Å²) in [6.45, 7) is 2.12. The van der Waals surface area contributed by atoms with Gasteiger partial charge in [-0.3, -0.25) is 4.79 Å². The highest BCUT2D eigenvalue weighted by atomic mass is 79.9. The molecule has 156 valence electrons. The number of unbranched alkanes of at least 4 members (excludes halogenated alkanes) is 1. The molecule has 0 fully saturated rings. The molecule has 0 radical (unpaired) electrons. The Bertz CT molecular complexity index is 1160. The molecule has 0 spiro atoms. The lowest BCUT2D eigenvalue weighted by Gasteiger charge is -2.12. The van der Waals surface area contributed by atoms with Crippen molar-refractivity contribution in [2.24, 2.45) is 5.14 Å². The van der Waals surface area contributed by atoms with Gasteiger partial charge in [0.1, 0.15) is 0 Å². The van der Waals surface area contributed by atoms with Gasteiger partial charge in [0.15, 0.2) is 0 Å². The second kappa shape index (κ2) is 9.55. The van der Waals surface area contributed by atoms with Crippen LogP contribution in [-0.4, -0.2) is 14.3 Å². The van der Waals surface area contributed by atoms with Crippen LogP contribution >= 0.6 is 15.9 Å². The third kappa shape index (κ3) is 5.36. The number of amides is 1. The molecule has 0 aliphatic carbocycles. The van der Waals surface area contributed by atoms with E-state index in [1.165, 1.54) is 6.07 Å². The largest absolute Gasteiger partial charge is 0.322 e. The van der Waals surface area contributed by atoms with E-state index in [4.69, 9.17) is 5.14 Å². The zero-order valence-electron chi connectivity index (χ0n) is 16.6. The van der Waals surface area contributed by atoms with Crippen molar-refractivity contribution in [1.82, 2.24) is 0 Å². The third-order valence-electron chi connectivity index (χ3n) is 4.76. The van der Waals surface area contributed by atoms with Crippen molar-refractivity contribution in [2.45, 2.75) is 31.1 Å². The lowest BCUT2D eigenvalue weighted by molar-refractivity contribution is 0.102. The van der Waals surface area contributed by atoms with Gasteiger partial charge in [-0.25, -0.2) is 13.6 Å². The normalized spacial score (nSPS) is 11.3. The Morgan fingerprint density at radius 3 is 2.40 bits per heavy atom. The number of hydrogen-bond donors (Lipinski definition) is 2. The first-order valence-corrected chi connectivity index (χ1v) is 12.0. The van der Waals surface area contributed by atoms with Gasteiger partial charge in [-0.2, -0.15) is 0 Å². The molecule has 0 heterocycles. The molecule has 3 N–H and O–H groups in total. The number of hydrogen-bond acceptors (Lipinski definition) is 3. The van der Waals surface area contributed by atoms with Gasteiger partial charge in [-0.15, -0.1) is 0 Å². The molecule has 0 saturated heterocycles. The Hall–Kier alpha value is -2.48. The quantitative estimate of drug-likeness (QED) is 0.470. The first kappa shape index (κ1) is 22.2. The van der Waals surface area contributed by atoms with E-state index in [0.717, 1.165) is 29.3 Å². The number of aryl methyl sites for hydroxylation is 1. The van der Waals surface area contributed by atoms with Gasteiger partial charge in [0.25, 0.3) is 5.91 Å². The van der Waals surface area contributed by atoms with Crippen LogP contribution in [0.3, 0.4) is 0 Å². The highest BCUT2D eigenvalue weighted by Gasteiger charge is 2.15. The summed E-state index contributed by atoms with van der Waals surface area (Å²) in [5.41, 5.74) is 3.50. The fourth-order valence-corrected chi connectivity index (χ4v) is 4.41. The van der Waals surface area contributed by atoms with E-state index in [1.807, 2.05) is 18.2 Å². The van der Waals surface area contributed by atoms with Crippen LogP contribution in [0.15, 0.2) is 76.1 Å². The topological polar surface area (TPSA) is 89.3 Å². The molecule has 3 aromatic carbocycles. The van der Waals surface area contributed by atoms with E-state index in [9.17, 15) is 13.2 Å². The number of carbonyl (C=O) groups is 1. The Labute approximate surface area is 185 Å². The Morgan fingerprint density at radius 1 is 1.03 bits per heavy atom. The lowest BCUT2D eigenvalue weighted by atomic mass is 10.0. The average molecular weight is 487 g/mol. The summed E-state index contributed by atoms with van der Waals surface area (Å²) < 4.78 is 24.6. The van der Waals surface area contributed by atoms with Crippen molar-refractivity contribution < 1.29 is 13.2 Å². The summed E-state index contributed by atoms with van der Waals surface area (Å²) in [7, 11) is -3.84. The summed E-state index contributed by atoms with van der Waals surface area (Å²) in [4.78, 5) is 12.9. The summed E-state index contributed by atoms with van der Waals surface area (Å²) in [6.07, 6.45) is 2.89. The molecule has 0 aromatic heterocycles. The summed E-state index contributed by atoms with van der Waals surface area (Å²) >= 11 is 3.47. The van der Waals surface area contributed by atoms with Crippen molar-refractivity contribution in [3.8, 4) is 11.1 Å². The van der Waals surface area contributed by atoms with Crippen molar-refractivity contribution in [2.75, 3.05) is 5.32 Å². The van der Waals surface area contributed by atoms with Gasteiger partial charge in [-0.05, 0) is 60.4 Å². The minimum absolute atomic E-state index is 0.0669. The molecular formula is C23H23BrN2O3S. The van der Waals surface area contributed by atoms with E-state index in [0.29, 0.717) is 22.4 Å². The summed E-state index contributed by atoms with van der Waals surface area (Å²) in [5.74, 6) is -0.175. The molecule has 0 saturated carbocycles. The zero-order chi connectivity index (χ0) is 21.7. The molecule has 3 aromatic rings. The number of sulfonamides is 1. The van der Waals surface area contributed by atoms with E-state index >= 15 is 0 Å². The lowest BCUT2D eigenvalue weighted by Crippen LogP contribution is -2.14. The molecule has 0 bridgehead atoms. The van der Waals surface area contributed by atoms with Gasteiger partial charge < -0.3 is 5.32 Å². The Balaban J connectivity index is 1.83. The van der Waals surface area contributed by atoms with Crippen molar-refractivity contribution in [3.05, 3.63) is 82.3 Å². The van der Waals surface area contributed by atoms with E-state index in [-0.39, 0.29) is 10.8 Å². The van der Waals surface area contributed by atoms with Crippen molar-refractivity contribution in [1.29, 1.82) is 0 Å². The van der Waals surface area contributed by atoms with Crippen LogP contribution in [-0.2, 0) is 16.4 Å². The number of primary sulfonamides is 1. The van der Waals surface area contributed by atoms with Crippen molar-refractivity contribution in [3.63, 3.8) is 0 Å². The fourth-order valence-electron chi connectivity index (χ4n) is 3.24. The number of carbonyl (C=O) groups excluding carboxylic acids is 1. The third-order valence-corrected chi connectivity index (χ3v) is 6.22. The number of anilines is 1. The summed E-state index contributed by atoms with van der Waals surface area (Å²) in [6, 6.07) is 19.3. The van der Waals surface area contributed by atoms with Gasteiger partial charge in [0, 0.05) is 21.3 Å². The van der Waals surface area contributed by atoms with Gasteiger partial charge >= 0.3 is 0 Å². The van der Waals surface area contributed by atoms with Crippen LogP contribution in [0.1, 0.15) is 35.7 Å². The standard InChI is InChI=1S/C23H23BrN2O3S/c1-2-3-6-17-15-18(24)11-14-21(17)23(27)26-19-12-9-16(10-13-19)20-7-4-5-8-22(20)30(25,28)29/h4-5,7-15H,2-3,6H2,1H3,(H,26,27)(H2,25,28,29). The van der Waals surface area contributed by atoms with Gasteiger partial charge in [0.2, 0.25) is 10.0 Å². The molecule has 0 atom stereocenters. The minimum Gasteiger partial charge on any atom is -0.322 e. The van der Waals surface area contributed by atoms with Gasteiger partial charge in [0.05, 0.1) is 4.90 Å². The zero-order valence-corrected chi connectivity index (χ0v) is 19.0. The maximum atomic E-state index is 12.8. The molecule has 1 amide bonds. The number of rotatable bonds is 7. The molecule has 0 unspecified atom stereocenters. The Morgan fingerprint density at radius 2 is 1.73 bits per heavy atom. The van der Waals surface area contributed by atoms with E-state index < -0.39 is 10.0 Å². The predicted molar refractivity (Wildman–Crippen MR) is 124 cm³/mol. The smallest absolute Gasteiger partial charge is 0.255 e. The number of nitrogens with one attached hydrogen (secondary N) is 1. The fraction of sp³-hybridized carbons (Fsp3) is 0.174. The average Bonchev–Trinajstić information content (AvgIpc) is 2.72. The van der Waals surface area contributed by atoms with Crippen LogP contribution < -0.4 is 10.5 Å². The molecule has 0 aliphatic heterocycles. The number of benzene rings is 3. The molecule has 3 rings (SSSR count). The van der Waals surface area contributed by atoms with Crippen LogP contribution in [0.25, 0.3) is 11.1 Å². The van der Waals surface area contributed by atoms with E-state index in [1.54, 1.807) is 42.5 Å². The van der Waals surface area contributed by atoms with Crippen molar-refractivity contribution >= 4 is 37.5 Å². The predicted octanol–water partition coefficient (Wildman–Crippen LogP) is 5.36. The maximum Gasteiger partial charge on any atom is 0.255 e. The SMILES string of the molecule is CCCCc1cc(Br)ccc1C(=O)Nc1ccc(-c2ccccc2S(N)(=O)=O)cc1. The second-order valence-corrected chi connectivity index (χ2v) is 9.42. The second-order valence-electron chi connectivity index (χ2n) is 6.98. The van der Waals surface area contributed by atoms with Crippen LogP contribution in [0.2, 0.25) is 0 Å². The monoisotopic (exact) mass is 486 g/mol. The van der Waals surface area contributed by atoms with Crippen LogP contribution in [0.5, 0.6) is 0 Å². The van der Waals surface area contributed by atoms with Crippen LogP contribution in [0, 0.1) is 0 Å². The first-order valence-electron chi connectivity index (χ1n) is 9.61. The van der Waals surface area contributed by atoms with E-state index in [2.05, 4.69) is 28.2 Å². The number of halogens is 1. The summed E-state index contributed by atoms with van der Waals surface area (Å²) in [5, 5.41) is 8.25.